The zero-order valence-electron chi connectivity index (χ0n) is 20.0. The molecule has 1 N–H and O–H groups in total. The Morgan fingerprint density at radius 1 is 1.31 bits per heavy atom. The minimum atomic E-state index is -3.36. The van der Waals surface area contributed by atoms with Crippen LogP contribution in [-0.2, 0) is 19.1 Å². The molecule has 9 heteroatoms. The number of nitriles is 1. The Morgan fingerprint density at radius 3 is 2.67 bits per heavy atom. The van der Waals surface area contributed by atoms with Gasteiger partial charge in [-0.05, 0) is 31.1 Å². The maximum absolute atomic E-state index is 15.3. The zero-order valence-corrected chi connectivity index (χ0v) is 20.0. The van der Waals surface area contributed by atoms with E-state index in [-0.39, 0.29) is 0 Å². The van der Waals surface area contributed by atoms with E-state index < -0.39 is 59.7 Å². The summed E-state index contributed by atoms with van der Waals surface area (Å²) in [6.07, 6.45) is 0.809. The summed E-state index contributed by atoms with van der Waals surface area (Å²) in [7, 11) is 1.02. The number of carbonyl (C=O) groups is 2. The minimum Gasteiger partial charge on any atom is -0.467 e. The number of allylic oxidation sites excluding steroid dienone is 1. The standard InChI is InChI=1S/C27H26F2N2O5/c1-15-20(11-10-19-9-8-18(13-31-19)21-7-5-4-6-17(21)12-30)22-16(2)36-25(34)26(22,14-27(15,28)29)23(32)24(33)35-3/h4-11,13,15-16,20,22-23,32H,14H2,1-3H3/t15-,16+,20-,22-,23?,26+/m0/s1. The Bertz CT molecular complexity index is 1240. The smallest absolute Gasteiger partial charge is 0.335 e. The molecule has 2 aromatic rings. The van der Waals surface area contributed by atoms with E-state index in [0.717, 1.165) is 18.2 Å². The fraction of sp³-hybridized carbons (Fsp3) is 0.407. The van der Waals surface area contributed by atoms with Crippen molar-refractivity contribution in [2.45, 2.75) is 38.4 Å². The van der Waals surface area contributed by atoms with Crippen LogP contribution in [0.2, 0.25) is 0 Å². The van der Waals surface area contributed by atoms with Gasteiger partial charge in [0.15, 0.2) is 6.10 Å². The Morgan fingerprint density at radius 2 is 2.03 bits per heavy atom. The molecule has 1 saturated carbocycles. The number of cyclic esters (lactones) is 1. The molecule has 1 aromatic heterocycles. The summed E-state index contributed by atoms with van der Waals surface area (Å²) in [5, 5.41) is 20.1. The number of esters is 2. The summed E-state index contributed by atoms with van der Waals surface area (Å²) in [6, 6.07) is 12.7. The Hall–Kier alpha value is -3.64. The first-order valence-electron chi connectivity index (χ1n) is 11.6. The molecule has 1 unspecified atom stereocenters. The van der Waals surface area contributed by atoms with Gasteiger partial charge in [0.1, 0.15) is 11.5 Å². The molecule has 1 aliphatic heterocycles. The van der Waals surface area contributed by atoms with Crippen molar-refractivity contribution in [3.05, 3.63) is 59.9 Å². The number of aliphatic hydroxyl groups is 1. The van der Waals surface area contributed by atoms with Gasteiger partial charge in [0.05, 0.1) is 24.4 Å². The molecule has 36 heavy (non-hydrogen) atoms. The second kappa shape index (κ2) is 9.43. The summed E-state index contributed by atoms with van der Waals surface area (Å²) < 4.78 is 40.4. The molecule has 1 aliphatic carbocycles. The number of pyridine rings is 1. The lowest BCUT2D eigenvalue weighted by Gasteiger charge is -2.48. The predicted octanol–water partition coefficient (Wildman–Crippen LogP) is 4.01. The van der Waals surface area contributed by atoms with Gasteiger partial charge in [0.25, 0.3) is 5.92 Å². The number of benzene rings is 1. The molecule has 2 aliphatic rings. The molecule has 0 radical (unpaired) electrons. The molecule has 0 amide bonds. The van der Waals surface area contributed by atoms with Crippen LogP contribution >= 0.6 is 0 Å². The zero-order chi connectivity index (χ0) is 26.3. The second-order valence-electron chi connectivity index (χ2n) is 9.39. The van der Waals surface area contributed by atoms with Gasteiger partial charge in [0.2, 0.25) is 0 Å². The largest absolute Gasteiger partial charge is 0.467 e. The number of alkyl halides is 2. The third-order valence-electron chi connectivity index (χ3n) is 7.51. The highest BCUT2D eigenvalue weighted by Crippen LogP contribution is 2.60. The lowest BCUT2D eigenvalue weighted by Crippen LogP contribution is -2.60. The molecule has 4 rings (SSSR count). The van der Waals surface area contributed by atoms with Crippen molar-refractivity contribution in [1.29, 1.82) is 5.26 Å². The predicted molar refractivity (Wildman–Crippen MR) is 125 cm³/mol. The summed E-state index contributed by atoms with van der Waals surface area (Å²) in [6.45, 7) is 2.96. The molecule has 1 saturated heterocycles. The number of methoxy groups -OCH3 is 1. The van der Waals surface area contributed by atoms with Gasteiger partial charge in [-0.1, -0.05) is 37.3 Å². The monoisotopic (exact) mass is 496 g/mol. The van der Waals surface area contributed by atoms with Crippen molar-refractivity contribution in [1.82, 2.24) is 4.98 Å². The SMILES string of the molecule is COC(=O)C(O)[C@@]12CC(F)(F)[C@@H](C)[C@H](C=Cc3ccc(-c4ccccc4C#N)cn3)[C@@H]1[C@@H](C)OC2=O. The third-order valence-corrected chi connectivity index (χ3v) is 7.51. The quantitative estimate of drug-likeness (QED) is 0.623. The van der Waals surface area contributed by atoms with Gasteiger partial charge in [-0.15, -0.1) is 0 Å². The first kappa shape index (κ1) is 25.5. The highest BCUT2D eigenvalue weighted by atomic mass is 19.3. The fourth-order valence-corrected chi connectivity index (χ4v) is 5.60. The van der Waals surface area contributed by atoms with Crippen LogP contribution in [0.4, 0.5) is 8.78 Å². The Kier molecular flexibility index (Phi) is 6.67. The van der Waals surface area contributed by atoms with E-state index in [9.17, 15) is 20.0 Å². The average molecular weight is 497 g/mol. The molecule has 0 spiro atoms. The molecule has 0 bridgehead atoms. The van der Waals surface area contributed by atoms with E-state index in [1.807, 2.05) is 12.1 Å². The Balaban J connectivity index is 1.69. The van der Waals surface area contributed by atoms with E-state index in [2.05, 4.69) is 15.8 Å². The number of hydrogen-bond acceptors (Lipinski definition) is 7. The van der Waals surface area contributed by atoms with Gasteiger partial charge in [-0.3, -0.25) is 9.78 Å². The van der Waals surface area contributed by atoms with Crippen LogP contribution in [0.3, 0.4) is 0 Å². The number of halogens is 2. The summed E-state index contributed by atoms with van der Waals surface area (Å²) in [5.74, 6) is -8.53. The summed E-state index contributed by atoms with van der Waals surface area (Å²) in [5.41, 5.74) is 0.300. The molecule has 6 atom stereocenters. The number of hydrogen-bond donors (Lipinski definition) is 1. The van der Waals surface area contributed by atoms with Crippen molar-refractivity contribution >= 4 is 18.0 Å². The number of fused-ring (bicyclic) bond motifs is 1. The molecule has 2 fully saturated rings. The third kappa shape index (κ3) is 4.05. The highest BCUT2D eigenvalue weighted by molar-refractivity contribution is 5.89. The highest BCUT2D eigenvalue weighted by Gasteiger charge is 2.72. The van der Waals surface area contributed by atoms with Gasteiger partial charge in [-0.2, -0.15) is 5.26 Å². The summed E-state index contributed by atoms with van der Waals surface area (Å²) >= 11 is 0. The fourth-order valence-electron chi connectivity index (χ4n) is 5.60. The van der Waals surface area contributed by atoms with Crippen LogP contribution in [0.15, 0.2) is 48.7 Å². The molecule has 7 nitrogen and oxygen atoms in total. The number of aromatic nitrogens is 1. The van der Waals surface area contributed by atoms with Crippen LogP contribution in [0.25, 0.3) is 17.2 Å². The van der Waals surface area contributed by atoms with Crippen LogP contribution in [0.1, 0.15) is 31.5 Å². The number of rotatable bonds is 5. The first-order chi connectivity index (χ1) is 17.1. The molecule has 2 heterocycles. The van der Waals surface area contributed by atoms with Gasteiger partial charge in [0, 0.05) is 35.6 Å². The number of carbonyl (C=O) groups excluding carboxylic acids is 2. The van der Waals surface area contributed by atoms with Crippen molar-refractivity contribution in [2.24, 2.45) is 23.2 Å². The van der Waals surface area contributed by atoms with E-state index in [1.54, 1.807) is 49.5 Å². The number of aliphatic hydroxyl groups excluding tert-OH is 1. The Labute approximate surface area is 207 Å². The average Bonchev–Trinajstić information content (AvgIpc) is 3.12. The van der Waals surface area contributed by atoms with Crippen molar-refractivity contribution in [3.63, 3.8) is 0 Å². The number of ether oxygens (including phenoxy) is 2. The lowest BCUT2D eigenvalue weighted by atomic mass is 9.54. The van der Waals surface area contributed by atoms with Gasteiger partial charge in [-0.25, -0.2) is 13.6 Å². The van der Waals surface area contributed by atoms with Crippen LogP contribution < -0.4 is 0 Å². The lowest BCUT2D eigenvalue weighted by molar-refractivity contribution is -0.200. The molecule has 188 valence electrons. The van der Waals surface area contributed by atoms with Crippen molar-refractivity contribution in [3.8, 4) is 17.2 Å². The van der Waals surface area contributed by atoms with E-state index in [0.29, 0.717) is 11.3 Å². The van der Waals surface area contributed by atoms with E-state index >= 15 is 8.78 Å². The topological polar surface area (TPSA) is 110 Å². The molecular weight excluding hydrogens is 470 g/mol. The number of nitrogens with zero attached hydrogens (tertiary/aromatic N) is 2. The molecule has 1 aromatic carbocycles. The van der Waals surface area contributed by atoms with E-state index in [1.165, 1.54) is 6.92 Å². The van der Waals surface area contributed by atoms with E-state index in [4.69, 9.17) is 4.74 Å². The van der Waals surface area contributed by atoms with Crippen LogP contribution in [0, 0.1) is 34.5 Å². The van der Waals surface area contributed by atoms with Crippen LogP contribution in [-0.4, -0.2) is 47.3 Å². The maximum Gasteiger partial charge on any atom is 0.335 e. The van der Waals surface area contributed by atoms with Gasteiger partial charge >= 0.3 is 11.9 Å². The van der Waals surface area contributed by atoms with Crippen molar-refractivity contribution < 1.29 is 33.0 Å². The van der Waals surface area contributed by atoms with Gasteiger partial charge < -0.3 is 14.6 Å². The van der Waals surface area contributed by atoms with Crippen molar-refractivity contribution in [2.75, 3.05) is 7.11 Å². The van der Waals surface area contributed by atoms with Crippen LogP contribution in [0.5, 0.6) is 0 Å². The first-order valence-corrected chi connectivity index (χ1v) is 11.6. The summed E-state index contributed by atoms with van der Waals surface area (Å²) in [4.78, 5) is 29.4. The minimum absolute atomic E-state index is 0.478. The normalized spacial score (nSPS) is 29.8. The maximum atomic E-state index is 15.3. The molecular formula is C27H26F2N2O5. The second-order valence-corrected chi connectivity index (χ2v) is 9.39.